The van der Waals surface area contributed by atoms with Gasteiger partial charge in [0, 0.05) is 17.8 Å². The molecule has 0 aliphatic rings. The monoisotopic (exact) mass is 432 g/mol. The van der Waals surface area contributed by atoms with Gasteiger partial charge in [0.25, 0.3) is 10.0 Å². The van der Waals surface area contributed by atoms with Gasteiger partial charge in [-0.2, -0.15) is 0 Å². The lowest BCUT2D eigenvalue weighted by Gasteiger charge is -2.12. The first-order chi connectivity index (χ1) is 14.3. The minimum absolute atomic E-state index is 0.00550. The van der Waals surface area contributed by atoms with E-state index < -0.39 is 16.1 Å². The predicted octanol–water partition coefficient (Wildman–Crippen LogP) is 3.45. The van der Waals surface area contributed by atoms with Gasteiger partial charge in [-0.15, -0.1) is 0 Å². The smallest absolute Gasteiger partial charge is 0.323 e. The fourth-order valence-electron chi connectivity index (χ4n) is 2.51. The molecule has 0 saturated carbocycles. The van der Waals surface area contributed by atoms with Gasteiger partial charge in [-0.3, -0.25) is 4.72 Å². The number of hydrogen-bond donors (Lipinski definition) is 3. The lowest BCUT2D eigenvalue weighted by atomic mass is 10.2. The van der Waals surface area contributed by atoms with Gasteiger partial charge in [-0.05, 0) is 43.3 Å². The molecule has 2 amide bonds. The number of rotatable bonds is 7. The third-order valence-electron chi connectivity index (χ3n) is 3.95. The summed E-state index contributed by atoms with van der Waals surface area (Å²) in [4.78, 5) is 12.3. The van der Waals surface area contributed by atoms with Gasteiger partial charge in [0.05, 0.1) is 24.8 Å². The fourth-order valence-corrected chi connectivity index (χ4v) is 3.50. The molecule has 0 spiro atoms. The molecule has 0 radical (unpaired) electrons. The Balaban J connectivity index is 1.66. The van der Waals surface area contributed by atoms with E-state index in [4.69, 9.17) is 14.0 Å². The number of carbonyl (C=O) groups is 1. The lowest BCUT2D eigenvalue weighted by molar-refractivity contribution is 0.262. The number of amides is 2. The highest BCUT2D eigenvalue weighted by Gasteiger charge is 2.16. The Kier molecular flexibility index (Phi) is 6.11. The van der Waals surface area contributed by atoms with Crippen LogP contribution in [-0.2, 0) is 10.0 Å². The maximum Gasteiger partial charge on any atom is 0.323 e. The molecule has 3 rings (SSSR count). The number of nitrogens with zero attached hydrogens (tertiary/aromatic N) is 1. The second-order valence-electron chi connectivity index (χ2n) is 6.10. The molecule has 0 saturated heterocycles. The highest BCUT2D eigenvalue weighted by molar-refractivity contribution is 7.92. The standard InChI is InChI=1S/C19H20N4O6S/c1-12-10-18(22-29-12)23-30(25,26)15-7-4-13(5-8-15)20-19(24)21-16-9-6-14(27-2)11-17(16)28-3/h4-11H,1-3H3,(H,22,23)(H2,20,21,24). The number of aryl methyl sites for hydroxylation is 1. The van der Waals surface area contributed by atoms with Crippen molar-refractivity contribution in [2.75, 3.05) is 29.6 Å². The van der Waals surface area contributed by atoms with Gasteiger partial charge in [0.2, 0.25) is 0 Å². The summed E-state index contributed by atoms with van der Waals surface area (Å²) in [5.41, 5.74) is 0.846. The van der Waals surface area contributed by atoms with Crippen molar-refractivity contribution in [3.63, 3.8) is 0 Å². The Hall–Kier alpha value is -3.73. The predicted molar refractivity (Wildman–Crippen MR) is 111 cm³/mol. The molecule has 0 atom stereocenters. The molecule has 10 nitrogen and oxygen atoms in total. The summed E-state index contributed by atoms with van der Waals surface area (Å²) in [6.45, 7) is 1.65. The number of nitrogens with one attached hydrogen (secondary N) is 3. The van der Waals surface area contributed by atoms with Crippen molar-refractivity contribution in [2.24, 2.45) is 0 Å². The van der Waals surface area contributed by atoms with E-state index in [0.29, 0.717) is 28.6 Å². The zero-order chi connectivity index (χ0) is 21.7. The largest absolute Gasteiger partial charge is 0.497 e. The first kappa shape index (κ1) is 21.0. The van der Waals surface area contributed by atoms with Gasteiger partial charge in [0.1, 0.15) is 17.3 Å². The first-order valence-corrected chi connectivity index (χ1v) is 10.2. The normalized spacial score (nSPS) is 10.9. The number of hydrogen-bond acceptors (Lipinski definition) is 7. The number of ether oxygens (including phenoxy) is 2. The Labute approximate surface area is 173 Å². The van der Waals surface area contributed by atoms with Crippen LogP contribution < -0.4 is 24.8 Å². The lowest BCUT2D eigenvalue weighted by Crippen LogP contribution is -2.20. The molecule has 0 fully saturated rings. The van der Waals surface area contributed by atoms with E-state index in [2.05, 4.69) is 20.5 Å². The molecule has 11 heteroatoms. The van der Waals surface area contributed by atoms with E-state index in [1.54, 1.807) is 25.1 Å². The number of methoxy groups -OCH3 is 2. The van der Waals surface area contributed by atoms with E-state index in [0.717, 1.165) is 0 Å². The fraction of sp³-hybridized carbons (Fsp3) is 0.158. The first-order valence-electron chi connectivity index (χ1n) is 8.67. The average Bonchev–Trinajstić information content (AvgIpc) is 3.12. The van der Waals surface area contributed by atoms with Crippen LogP contribution in [0.4, 0.5) is 22.0 Å². The Bertz CT molecular complexity index is 1140. The molecule has 0 aliphatic carbocycles. The second kappa shape index (κ2) is 8.74. The van der Waals surface area contributed by atoms with Gasteiger partial charge in [-0.25, -0.2) is 13.2 Å². The van der Waals surface area contributed by atoms with Crippen molar-refractivity contribution < 1.29 is 27.2 Å². The Morgan fingerprint density at radius 3 is 2.33 bits per heavy atom. The van der Waals surface area contributed by atoms with Crippen LogP contribution in [0.2, 0.25) is 0 Å². The number of aromatic nitrogens is 1. The SMILES string of the molecule is COc1ccc(NC(=O)Nc2ccc(S(=O)(=O)Nc3cc(C)on3)cc2)c(OC)c1. The molecule has 0 bridgehead atoms. The highest BCUT2D eigenvalue weighted by Crippen LogP contribution is 2.29. The van der Waals surface area contributed by atoms with Crippen LogP contribution in [0.3, 0.4) is 0 Å². The quantitative estimate of drug-likeness (QED) is 0.521. The number of carbonyl (C=O) groups excluding carboxylic acids is 1. The summed E-state index contributed by atoms with van der Waals surface area (Å²) in [6.07, 6.45) is 0. The summed E-state index contributed by atoms with van der Waals surface area (Å²) in [5, 5.41) is 8.88. The van der Waals surface area contributed by atoms with Crippen LogP contribution in [0.15, 0.2) is 57.9 Å². The molecule has 2 aromatic carbocycles. The summed E-state index contributed by atoms with van der Waals surface area (Å²) in [6, 6.07) is 11.6. The summed E-state index contributed by atoms with van der Waals surface area (Å²) in [5.74, 6) is 1.58. The van der Waals surface area contributed by atoms with Crippen molar-refractivity contribution in [1.82, 2.24) is 5.16 Å². The molecular formula is C19H20N4O6S. The van der Waals surface area contributed by atoms with Crippen molar-refractivity contribution in [3.8, 4) is 11.5 Å². The number of urea groups is 1. The number of anilines is 3. The Morgan fingerprint density at radius 2 is 1.73 bits per heavy atom. The van der Waals surface area contributed by atoms with Crippen molar-refractivity contribution in [2.45, 2.75) is 11.8 Å². The van der Waals surface area contributed by atoms with E-state index in [1.807, 2.05) is 0 Å². The van der Waals surface area contributed by atoms with Crippen molar-refractivity contribution in [3.05, 3.63) is 54.3 Å². The van der Waals surface area contributed by atoms with Gasteiger partial charge < -0.3 is 24.6 Å². The topological polar surface area (TPSA) is 132 Å². The maximum atomic E-state index is 12.4. The van der Waals surface area contributed by atoms with Crippen LogP contribution in [-0.4, -0.2) is 33.8 Å². The van der Waals surface area contributed by atoms with Crippen LogP contribution in [0, 0.1) is 6.92 Å². The van der Waals surface area contributed by atoms with Crippen LogP contribution in [0.1, 0.15) is 5.76 Å². The van der Waals surface area contributed by atoms with E-state index >= 15 is 0 Å². The van der Waals surface area contributed by atoms with Crippen LogP contribution in [0.25, 0.3) is 0 Å². The summed E-state index contributed by atoms with van der Waals surface area (Å²) < 4.78 is 42.3. The van der Waals surface area contributed by atoms with E-state index in [1.165, 1.54) is 44.6 Å². The third kappa shape index (κ3) is 5.00. The molecule has 30 heavy (non-hydrogen) atoms. The van der Waals surface area contributed by atoms with Crippen LogP contribution >= 0.6 is 0 Å². The molecule has 158 valence electrons. The van der Waals surface area contributed by atoms with Gasteiger partial charge in [-0.1, -0.05) is 5.16 Å². The van der Waals surface area contributed by atoms with E-state index in [9.17, 15) is 13.2 Å². The third-order valence-corrected chi connectivity index (χ3v) is 5.32. The highest BCUT2D eigenvalue weighted by atomic mass is 32.2. The molecule has 1 aromatic heterocycles. The minimum atomic E-state index is -3.84. The molecule has 0 aliphatic heterocycles. The summed E-state index contributed by atoms with van der Waals surface area (Å²) >= 11 is 0. The minimum Gasteiger partial charge on any atom is -0.497 e. The molecule has 0 unspecified atom stereocenters. The molecular weight excluding hydrogens is 412 g/mol. The summed E-state index contributed by atoms with van der Waals surface area (Å²) in [7, 11) is -0.833. The number of sulfonamides is 1. The zero-order valence-electron chi connectivity index (χ0n) is 16.4. The number of benzene rings is 2. The molecule has 1 heterocycles. The molecule has 3 N–H and O–H groups in total. The van der Waals surface area contributed by atoms with Crippen molar-refractivity contribution in [1.29, 1.82) is 0 Å². The maximum absolute atomic E-state index is 12.4. The second-order valence-corrected chi connectivity index (χ2v) is 7.78. The van der Waals surface area contributed by atoms with Crippen molar-refractivity contribution >= 4 is 33.2 Å². The Morgan fingerprint density at radius 1 is 1.00 bits per heavy atom. The molecule has 3 aromatic rings. The zero-order valence-corrected chi connectivity index (χ0v) is 17.2. The van der Waals surface area contributed by atoms with E-state index in [-0.39, 0.29) is 10.7 Å². The average molecular weight is 432 g/mol. The van der Waals surface area contributed by atoms with Gasteiger partial charge in [0.15, 0.2) is 5.82 Å². The van der Waals surface area contributed by atoms with Crippen LogP contribution in [0.5, 0.6) is 11.5 Å². The van der Waals surface area contributed by atoms with Gasteiger partial charge >= 0.3 is 6.03 Å².